The number of carbonyl (C=O) groups is 2. The molecule has 0 bridgehead atoms. The van der Waals surface area contributed by atoms with Crippen LogP contribution in [0.2, 0.25) is 0 Å². The Labute approximate surface area is 148 Å². The summed E-state index contributed by atoms with van der Waals surface area (Å²) >= 11 is 0. The average Bonchev–Trinajstić information content (AvgIpc) is 3.13. The second-order valence-corrected chi connectivity index (χ2v) is 7.83. The van der Waals surface area contributed by atoms with Gasteiger partial charge in [0.15, 0.2) is 6.61 Å². The van der Waals surface area contributed by atoms with Crippen molar-refractivity contribution in [2.24, 2.45) is 0 Å². The van der Waals surface area contributed by atoms with Gasteiger partial charge >= 0.3 is 5.97 Å². The van der Waals surface area contributed by atoms with Gasteiger partial charge in [-0.2, -0.15) is 0 Å². The number of nitrogens with zero attached hydrogens (tertiary/aromatic N) is 1. The highest BCUT2D eigenvalue weighted by atomic mass is 32.2. The predicted octanol–water partition coefficient (Wildman–Crippen LogP) is 1.54. The van der Waals surface area contributed by atoms with Gasteiger partial charge in [0, 0.05) is 19.1 Å². The summed E-state index contributed by atoms with van der Waals surface area (Å²) in [6.45, 7) is 4.77. The molecule has 7 nitrogen and oxygen atoms in total. The van der Waals surface area contributed by atoms with E-state index in [-0.39, 0.29) is 29.0 Å². The summed E-state index contributed by atoms with van der Waals surface area (Å²) in [5, 5.41) is 0. The molecule has 2 rings (SSSR count). The van der Waals surface area contributed by atoms with Crippen molar-refractivity contribution >= 4 is 21.9 Å². The SMILES string of the molecule is CC[C@@H](C)NS(=O)(=O)c1ccc(C(=O)OCC(=O)N2CCCC2)cc1. The first-order valence-corrected chi connectivity index (χ1v) is 9.89. The fourth-order valence-corrected chi connectivity index (χ4v) is 3.78. The van der Waals surface area contributed by atoms with Gasteiger partial charge in [0.05, 0.1) is 10.5 Å². The number of esters is 1. The maximum absolute atomic E-state index is 12.2. The molecular weight excluding hydrogens is 344 g/mol. The molecule has 0 unspecified atom stereocenters. The summed E-state index contributed by atoms with van der Waals surface area (Å²) in [5.74, 6) is -0.853. The molecule has 1 aliphatic heterocycles. The van der Waals surface area contributed by atoms with Crippen LogP contribution in [0, 0.1) is 0 Å². The lowest BCUT2D eigenvalue weighted by Gasteiger charge is -2.15. The van der Waals surface area contributed by atoms with Gasteiger partial charge in [0.2, 0.25) is 10.0 Å². The lowest BCUT2D eigenvalue weighted by atomic mass is 10.2. The number of hydrogen-bond donors (Lipinski definition) is 1. The summed E-state index contributed by atoms with van der Waals surface area (Å²) in [6, 6.07) is 5.29. The average molecular weight is 368 g/mol. The summed E-state index contributed by atoms with van der Waals surface area (Å²) in [7, 11) is -3.61. The molecule has 0 spiro atoms. The van der Waals surface area contributed by atoms with E-state index in [0.29, 0.717) is 19.5 Å². The topological polar surface area (TPSA) is 92.8 Å². The maximum atomic E-state index is 12.2. The van der Waals surface area contributed by atoms with Crippen molar-refractivity contribution < 1.29 is 22.7 Å². The number of sulfonamides is 1. The Kier molecular flexibility index (Phi) is 6.55. The van der Waals surface area contributed by atoms with Gasteiger partial charge in [-0.3, -0.25) is 4.79 Å². The smallest absolute Gasteiger partial charge is 0.338 e. The van der Waals surface area contributed by atoms with E-state index < -0.39 is 16.0 Å². The van der Waals surface area contributed by atoms with E-state index in [4.69, 9.17) is 4.74 Å². The van der Waals surface area contributed by atoms with Crippen molar-refractivity contribution in [1.82, 2.24) is 9.62 Å². The molecule has 138 valence electrons. The van der Waals surface area contributed by atoms with Crippen molar-refractivity contribution in [3.05, 3.63) is 29.8 Å². The molecule has 1 amide bonds. The zero-order valence-corrected chi connectivity index (χ0v) is 15.3. The molecule has 1 fully saturated rings. The first kappa shape index (κ1) is 19.4. The summed E-state index contributed by atoms with van der Waals surface area (Å²) in [4.78, 5) is 25.6. The van der Waals surface area contributed by atoms with Crippen molar-refractivity contribution in [2.45, 2.75) is 44.0 Å². The molecule has 0 aliphatic carbocycles. The van der Waals surface area contributed by atoms with Crippen molar-refractivity contribution in [3.63, 3.8) is 0 Å². The normalized spacial score (nSPS) is 15.8. The second kappa shape index (κ2) is 8.44. The van der Waals surface area contributed by atoms with E-state index in [2.05, 4.69) is 4.72 Å². The minimum absolute atomic E-state index is 0.0810. The van der Waals surface area contributed by atoms with E-state index in [1.165, 1.54) is 24.3 Å². The largest absolute Gasteiger partial charge is 0.452 e. The van der Waals surface area contributed by atoms with Crippen LogP contribution in [0.15, 0.2) is 29.2 Å². The van der Waals surface area contributed by atoms with Crippen molar-refractivity contribution in [1.29, 1.82) is 0 Å². The van der Waals surface area contributed by atoms with E-state index >= 15 is 0 Å². The van der Waals surface area contributed by atoms with Crippen LogP contribution in [-0.2, 0) is 19.6 Å². The molecule has 1 N–H and O–H groups in total. The lowest BCUT2D eigenvalue weighted by molar-refractivity contribution is -0.133. The highest BCUT2D eigenvalue weighted by molar-refractivity contribution is 7.89. The van der Waals surface area contributed by atoms with Gasteiger partial charge in [0.25, 0.3) is 5.91 Å². The van der Waals surface area contributed by atoms with Crippen molar-refractivity contribution in [2.75, 3.05) is 19.7 Å². The zero-order valence-electron chi connectivity index (χ0n) is 14.5. The number of ether oxygens (including phenoxy) is 1. The molecular formula is C17H24N2O5S. The number of nitrogens with one attached hydrogen (secondary N) is 1. The molecule has 1 heterocycles. The Balaban J connectivity index is 1.94. The lowest BCUT2D eigenvalue weighted by Crippen LogP contribution is -2.32. The minimum atomic E-state index is -3.61. The van der Waals surface area contributed by atoms with Crippen LogP contribution >= 0.6 is 0 Å². The molecule has 0 saturated carbocycles. The summed E-state index contributed by atoms with van der Waals surface area (Å²) in [6.07, 6.45) is 2.62. The molecule has 1 aromatic rings. The Morgan fingerprint density at radius 1 is 1.20 bits per heavy atom. The fourth-order valence-electron chi connectivity index (χ4n) is 2.45. The van der Waals surface area contributed by atoms with Gasteiger partial charge in [-0.05, 0) is 50.5 Å². The van der Waals surface area contributed by atoms with E-state index in [0.717, 1.165) is 12.8 Å². The van der Waals surface area contributed by atoms with E-state index in [1.807, 2.05) is 6.92 Å². The number of carbonyl (C=O) groups excluding carboxylic acids is 2. The molecule has 1 aromatic carbocycles. The highest BCUT2D eigenvalue weighted by Gasteiger charge is 2.20. The molecule has 8 heteroatoms. The van der Waals surface area contributed by atoms with Crippen LogP contribution in [0.25, 0.3) is 0 Å². The minimum Gasteiger partial charge on any atom is -0.452 e. The Morgan fingerprint density at radius 3 is 2.36 bits per heavy atom. The maximum Gasteiger partial charge on any atom is 0.338 e. The molecule has 0 radical (unpaired) electrons. The van der Waals surface area contributed by atoms with Gasteiger partial charge in [0.1, 0.15) is 0 Å². The Morgan fingerprint density at radius 2 is 1.80 bits per heavy atom. The van der Waals surface area contributed by atoms with Crippen LogP contribution in [0.4, 0.5) is 0 Å². The zero-order chi connectivity index (χ0) is 18.4. The highest BCUT2D eigenvalue weighted by Crippen LogP contribution is 2.13. The van der Waals surface area contributed by atoms with Crippen LogP contribution < -0.4 is 4.72 Å². The van der Waals surface area contributed by atoms with Crippen LogP contribution in [0.3, 0.4) is 0 Å². The predicted molar refractivity (Wildman–Crippen MR) is 92.6 cm³/mol. The molecule has 25 heavy (non-hydrogen) atoms. The number of likely N-dealkylation sites (tertiary alicyclic amines) is 1. The monoisotopic (exact) mass is 368 g/mol. The second-order valence-electron chi connectivity index (χ2n) is 6.12. The van der Waals surface area contributed by atoms with Crippen molar-refractivity contribution in [3.8, 4) is 0 Å². The van der Waals surface area contributed by atoms with E-state index in [1.54, 1.807) is 11.8 Å². The number of benzene rings is 1. The standard InChI is InChI=1S/C17H24N2O5S/c1-3-13(2)18-25(22,23)15-8-6-14(7-9-15)17(21)24-12-16(20)19-10-4-5-11-19/h6-9,13,18H,3-5,10-12H2,1-2H3/t13-/m1/s1. The van der Waals surface area contributed by atoms with Gasteiger partial charge < -0.3 is 9.64 Å². The number of amides is 1. The number of rotatable bonds is 7. The van der Waals surface area contributed by atoms with Gasteiger partial charge in [-0.25, -0.2) is 17.9 Å². The first-order chi connectivity index (χ1) is 11.8. The molecule has 1 aliphatic rings. The Bertz CT molecular complexity index is 709. The van der Waals surface area contributed by atoms with Crippen LogP contribution in [0.5, 0.6) is 0 Å². The molecule has 1 atom stereocenters. The van der Waals surface area contributed by atoms with E-state index in [9.17, 15) is 18.0 Å². The van der Waals surface area contributed by atoms with Gasteiger partial charge in [-0.1, -0.05) is 6.92 Å². The van der Waals surface area contributed by atoms with Gasteiger partial charge in [-0.15, -0.1) is 0 Å². The third-order valence-electron chi connectivity index (χ3n) is 4.15. The summed E-state index contributed by atoms with van der Waals surface area (Å²) in [5.41, 5.74) is 0.205. The quantitative estimate of drug-likeness (QED) is 0.737. The fraction of sp³-hybridized carbons (Fsp3) is 0.529. The number of hydrogen-bond acceptors (Lipinski definition) is 5. The third kappa shape index (κ3) is 5.27. The van der Waals surface area contributed by atoms with Crippen LogP contribution in [0.1, 0.15) is 43.5 Å². The summed E-state index contributed by atoms with van der Waals surface area (Å²) < 4.78 is 31.9. The third-order valence-corrected chi connectivity index (χ3v) is 5.76. The van der Waals surface area contributed by atoms with Crippen LogP contribution in [-0.4, -0.2) is 50.9 Å². The molecule has 0 aromatic heterocycles. The molecule has 1 saturated heterocycles. The first-order valence-electron chi connectivity index (χ1n) is 8.40. The Hall–Kier alpha value is -1.93.